The quantitative estimate of drug-likeness (QED) is 0.683. The van der Waals surface area contributed by atoms with E-state index in [1.54, 1.807) is 12.1 Å². The van der Waals surface area contributed by atoms with Crippen LogP contribution in [0.2, 0.25) is 0 Å². The number of amides is 1. The molecule has 1 amide bonds. The summed E-state index contributed by atoms with van der Waals surface area (Å²) in [6.07, 6.45) is 1.99. The summed E-state index contributed by atoms with van der Waals surface area (Å²) in [5.74, 6) is -0.148. The highest BCUT2D eigenvalue weighted by Crippen LogP contribution is 2.25. The van der Waals surface area contributed by atoms with Crippen LogP contribution in [-0.2, 0) is 0 Å². The van der Waals surface area contributed by atoms with Gasteiger partial charge in [-0.2, -0.15) is 0 Å². The van der Waals surface area contributed by atoms with E-state index in [-0.39, 0.29) is 30.2 Å². The number of hydrogen-bond acceptors (Lipinski definition) is 4. The maximum atomic E-state index is 11.6. The van der Waals surface area contributed by atoms with Gasteiger partial charge >= 0.3 is 0 Å². The van der Waals surface area contributed by atoms with Crippen LogP contribution in [0.5, 0.6) is 0 Å². The number of aliphatic hydroxyl groups is 2. The summed E-state index contributed by atoms with van der Waals surface area (Å²) in [6, 6.07) is 3.14. The number of hydrogen-bond donors (Lipinski definition) is 3. The third-order valence-electron chi connectivity index (χ3n) is 2.97. The fourth-order valence-electron chi connectivity index (χ4n) is 2.08. The van der Waals surface area contributed by atoms with Crippen molar-refractivity contribution in [3.05, 3.63) is 24.2 Å². The van der Waals surface area contributed by atoms with Gasteiger partial charge < -0.3 is 19.9 Å². The predicted octanol–water partition coefficient (Wildman–Crippen LogP) is 0.141. The smallest absolute Gasteiger partial charge is 0.287 e. The topological polar surface area (TPSA) is 82.7 Å². The van der Waals surface area contributed by atoms with Crippen molar-refractivity contribution in [3.8, 4) is 0 Å². The monoisotopic (exact) mass is 225 g/mol. The van der Waals surface area contributed by atoms with Crippen LogP contribution in [0, 0.1) is 5.92 Å². The average molecular weight is 225 g/mol. The Hall–Kier alpha value is -1.33. The molecule has 88 valence electrons. The highest BCUT2D eigenvalue weighted by molar-refractivity contribution is 5.91. The van der Waals surface area contributed by atoms with Gasteiger partial charge in [0.2, 0.25) is 0 Å². The largest absolute Gasteiger partial charge is 0.459 e. The number of aliphatic hydroxyl groups excluding tert-OH is 2. The predicted molar refractivity (Wildman–Crippen MR) is 55.8 cm³/mol. The Bertz CT molecular complexity index is 349. The molecule has 1 aliphatic carbocycles. The molecule has 5 heteroatoms. The van der Waals surface area contributed by atoms with Crippen LogP contribution in [-0.4, -0.2) is 34.9 Å². The first-order valence-corrected chi connectivity index (χ1v) is 5.34. The van der Waals surface area contributed by atoms with E-state index < -0.39 is 6.10 Å². The first-order chi connectivity index (χ1) is 7.70. The zero-order valence-electron chi connectivity index (χ0n) is 8.80. The van der Waals surface area contributed by atoms with Gasteiger partial charge in [-0.25, -0.2) is 0 Å². The molecule has 0 bridgehead atoms. The molecule has 1 fully saturated rings. The standard InChI is InChI=1S/C11H15NO4/c13-6-7-4-8(5-9(7)14)12-11(15)10-2-1-3-16-10/h1-3,7-9,13-14H,4-6H2,(H,12,15)/t7-,8+,9-/m1/s1. The molecule has 0 radical (unpaired) electrons. The average Bonchev–Trinajstić information content (AvgIpc) is 2.87. The van der Waals surface area contributed by atoms with Crippen molar-refractivity contribution in [2.24, 2.45) is 5.92 Å². The van der Waals surface area contributed by atoms with Gasteiger partial charge in [0.15, 0.2) is 5.76 Å². The number of furan rings is 1. The lowest BCUT2D eigenvalue weighted by molar-refractivity contribution is 0.0895. The van der Waals surface area contributed by atoms with Gasteiger partial charge in [0.25, 0.3) is 5.91 Å². The second-order valence-electron chi connectivity index (χ2n) is 4.13. The lowest BCUT2D eigenvalue weighted by Gasteiger charge is -2.10. The zero-order chi connectivity index (χ0) is 11.5. The van der Waals surface area contributed by atoms with Gasteiger partial charge in [-0.05, 0) is 25.0 Å². The Morgan fingerprint density at radius 1 is 1.56 bits per heavy atom. The van der Waals surface area contributed by atoms with Gasteiger partial charge in [0, 0.05) is 18.6 Å². The molecule has 1 aromatic rings. The molecule has 5 nitrogen and oxygen atoms in total. The normalized spacial score (nSPS) is 29.2. The van der Waals surface area contributed by atoms with E-state index in [4.69, 9.17) is 9.52 Å². The molecule has 0 spiro atoms. The van der Waals surface area contributed by atoms with E-state index in [9.17, 15) is 9.90 Å². The van der Waals surface area contributed by atoms with Crippen LogP contribution in [0.4, 0.5) is 0 Å². The van der Waals surface area contributed by atoms with Crippen LogP contribution in [0.3, 0.4) is 0 Å². The lowest BCUT2D eigenvalue weighted by atomic mass is 10.1. The minimum Gasteiger partial charge on any atom is -0.459 e. The maximum Gasteiger partial charge on any atom is 0.287 e. The highest BCUT2D eigenvalue weighted by atomic mass is 16.3. The Balaban J connectivity index is 1.90. The third kappa shape index (κ3) is 2.25. The van der Waals surface area contributed by atoms with Crippen molar-refractivity contribution in [1.82, 2.24) is 5.32 Å². The molecule has 3 N–H and O–H groups in total. The number of carbonyl (C=O) groups excluding carboxylic acids is 1. The molecule has 0 unspecified atom stereocenters. The van der Waals surface area contributed by atoms with Gasteiger partial charge in [-0.1, -0.05) is 0 Å². The summed E-state index contributed by atoms with van der Waals surface area (Å²) in [6.45, 7) is -0.0473. The van der Waals surface area contributed by atoms with E-state index in [1.807, 2.05) is 0 Å². The van der Waals surface area contributed by atoms with E-state index in [0.717, 1.165) is 0 Å². The van der Waals surface area contributed by atoms with Crippen molar-refractivity contribution in [1.29, 1.82) is 0 Å². The van der Waals surface area contributed by atoms with Gasteiger partial charge in [0.05, 0.1) is 12.4 Å². The van der Waals surface area contributed by atoms with Gasteiger partial charge in [-0.15, -0.1) is 0 Å². The molecule has 1 aromatic heterocycles. The van der Waals surface area contributed by atoms with Crippen molar-refractivity contribution in [2.45, 2.75) is 25.0 Å². The summed E-state index contributed by atoms with van der Waals surface area (Å²) in [5.41, 5.74) is 0. The molecule has 3 atom stereocenters. The van der Waals surface area contributed by atoms with Crippen molar-refractivity contribution < 1.29 is 19.4 Å². The fourth-order valence-corrected chi connectivity index (χ4v) is 2.08. The Kier molecular flexibility index (Phi) is 3.26. The maximum absolute atomic E-state index is 11.6. The molecule has 0 aromatic carbocycles. The second-order valence-corrected chi connectivity index (χ2v) is 4.13. The van der Waals surface area contributed by atoms with Crippen LogP contribution in [0.25, 0.3) is 0 Å². The molecule has 0 aliphatic heterocycles. The van der Waals surface area contributed by atoms with E-state index >= 15 is 0 Å². The molecule has 1 saturated carbocycles. The molecule has 16 heavy (non-hydrogen) atoms. The first-order valence-electron chi connectivity index (χ1n) is 5.34. The number of rotatable bonds is 3. The fraction of sp³-hybridized carbons (Fsp3) is 0.545. The molecule has 1 heterocycles. The molecule has 2 rings (SSSR count). The van der Waals surface area contributed by atoms with Crippen LogP contribution < -0.4 is 5.32 Å². The van der Waals surface area contributed by atoms with Crippen LogP contribution in [0.1, 0.15) is 23.4 Å². The molecular formula is C11H15NO4. The van der Waals surface area contributed by atoms with Crippen molar-refractivity contribution in [3.63, 3.8) is 0 Å². The minimum atomic E-state index is -0.535. The van der Waals surface area contributed by atoms with Gasteiger partial charge in [0.1, 0.15) is 0 Å². The molecule has 1 aliphatic rings. The number of carbonyl (C=O) groups is 1. The first kappa shape index (κ1) is 11.2. The SMILES string of the molecule is O=C(N[C@H]1C[C@H](CO)[C@H](O)C1)c1ccco1. The number of nitrogens with one attached hydrogen (secondary N) is 1. The van der Waals surface area contributed by atoms with Crippen molar-refractivity contribution >= 4 is 5.91 Å². The zero-order valence-corrected chi connectivity index (χ0v) is 8.80. The summed E-state index contributed by atoms with van der Waals surface area (Å²) in [7, 11) is 0. The van der Waals surface area contributed by atoms with Gasteiger partial charge in [-0.3, -0.25) is 4.79 Å². The Morgan fingerprint density at radius 3 is 2.94 bits per heavy atom. The van der Waals surface area contributed by atoms with E-state index in [2.05, 4.69) is 5.32 Å². The molecule has 0 saturated heterocycles. The van der Waals surface area contributed by atoms with Crippen LogP contribution in [0.15, 0.2) is 22.8 Å². The van der Waals surface area contributed by atoms with E-state index in [0.29, 0.717) is 12.8 Å². The van der Waals surface area contributed by atoms with Crippen molar-refractivity contribution in [2.75, 3.05) is 6.61 Å². The lowest BCUT2D eigenvalue weighted by Crippen LogP contribution is -2.33. The Morgan fingerprint density at radius 2 is 2.38 bits per heavy atom. The third-order valence-corrected chi connectivity index (χ3v) is 2.97. The highest BCUT2D eigenvalue weighted by Gasteiger charge is 2.33. The summed E-state index contributed by atoms with van der Waals surface area (Å²) in [5, 5.41) is 21.3. The Labute approximate surface area is 93.1 Å². The summed E-state index contributed by atoms with van der Waals surface area (Å²) in [4.78, 5) is 11.6. The second kappa shape index (κ2) is 4.67. The van der Waals surface area contributed by atoms with Crippen LogP contribution >= 0.6 is 0 Å². The van der Waals surface area contributed by atoms with E-state index in [1.165, 1.54) is 6.26 Å². The molecular weight excluding hydrogens is 210 g/mol. The summed E-state index contributed by atoms with van der Waals surface area (Å²) < 4.78 is 4.96. The summed E-state index contributed by atoms with van der Waals surface area (Å²) >= 11 is 0. The minimum absolute atomic E-state index is 0.0473.